The van der Waals surface area contributed by atoms with Gasteiger partial charge in [0.15, 0.2) is 0 Å². The summed E-state index contributed by atoms with van der Waals surface area (Å²) in [6.07, 6.45) is 5.87. The van der Waals surface area contributed by atoms with E-state index in [-0.39, 0.29) is 0 Å². The van der Waals surface area contributed by atoms with Gasteiger partial charge in [0.1, 0.15) is 0 Å². The highest BCUT2D eigenvalue weighted by atomic mass is 15.2. The van der Waals surface area contributed by atoms with Crippen molar-refractivity contribution in [2.45, 2.75) is 59.4 Å². The van der Waals surface area contributed by atoms with Gasteiger partial charge in [-0.3, -0.25) is 4.90 Å². The number of nitrogens with zero attached hydrogens (tertiary/aromatic N) is 1. The third-order valence-corrected chi connectivity index (χ3v) is 3.59. The molecule has 0 aromatic carbocycles. The third-order valence-electron chi connectivity index (χ3n) is 3.59. The first-order valence-electron chi connectivity index (χ1n) is 6.49. The van der Waals surface area contributed by atoms with Crippen molar-refractivity contribution >= 4 is 0 Å². The van der Waals surface area contributed by atoms with E-state index in [0.717, 1.165) is 17.9 Å². The van der Waals surface area contributed by atoms with E-state index in [9.17, 15) is 0 Å². The fourth-order valence-electron chi connectivity index (χ4n) is 2.82. The lowest BCUT2D eigenvalue weighted by atomic mass is 9.85. The van der Waals surface area contributed by atoms with Crippen molar-refractivity contribution in [3.63, 3.8) is 0 Å². The van der Waals surface area contributed by atoms with Crippen LogP contribution in [0.2, 0.25) is 0 Å². The van der Waals surface area contributed by atoms with Crippen LogP contribution in [0.4, 0.5) is 0 Å². The van der Waals surface area contributed by atoms with Gasteiger partial charge in [0, 0.05) is 19.1 Å². The predicted octanol–water partition coefficient (Wildman–Crippen LogP) is 3.54. The Kier molecular flexibility index (Phi) is 4.94. The van der Waals surface area contributed by atoms with E-state index in [1.54, 1.807) is 0 Å². The van der Waals surface area contributed by atoms with Crippen molar-refractivity contribution in [3.05, 3.63) is 0 Å². The minimum Gasteiger partial charge on any atom is -0.300 e. The van der Waals surface area contributed by atoms with Crippen molar-refractivity contribution in [3.8, 4) is 0 Å². The lowest BCUT2D eigenvalue weighted by Gasteiger charge is -2.43. The molecule has 2 unspecified atom stereocenters. The van der Waals surface area contributed by atoms with Gasteiger partial charge in [0.05, 0.1) is 0 Å². The molecule has 0 aromatic heterocycles. The van der Waals surface area contributed by atoms with Crippen molar-refractivity contribution in [1.29, 1.82) is 0 Å². The highest BCUT2D eigenvalue weighted by Crippen LogP contribution is 2.30. The summed E-state index contributed by atoms with van der Waals surface area (Å²) in [5, 5.41) is 0. The maximum Gasteiger partial charge on any atom is 0.00957 e. The van der Waals surface area contributed by atoms with Crippen LogP contribution in [0.5, 0.6) is 0 Å². The second-order valence-electron chi connectivity index (χ2n) is 4.97. The lowest BCUT2D eigenvalue weighted by molar-refractivity contribution is 0.0571. The zero-order valence-electron chi connectivity index (χ0n) is 10.4. The van der Waals surface area contributed by atoms with Crippen molar-refractivity contribution in [1.82, 2.24) is 4.90 Å². The summed E-state index contributed by atoms with van der Waals surface area (Å²) in [6.45, 7) is 11.5. The Labute approximate surface area is 89.9 Å². The van der Waals surface area contributed by atoms with Crippen LogP contribution >= 0.6 is 0 Å². The van der Waals surface area contributed by atoms with Gasteiger partial charge in [-0.1, -0.05) is 27.7 Å². The zero-order chi connectivity index (χ0) is 10.6. The van der Waals surface area contributed by atoms with E-state index in [1.807, 2.05) is 13.8 Å². The molecule has 0 radical (unpaired) electrons. The normalized spacial score (nSPS) is 38.1. The van der Waals surface area contributed by atoms with Gasteiger partial charge in [0.2, 0.25) is 0 Å². The maximum atomic E-state index is 2.74. The fraction of sp³-hybridized carbons (Fsp3) is 1.00. The topological polar surface area (TPSA) is 3.24 Å². The Hall–Kier alpha value is -0.0400. The lowest BCUT2D eigenvalue weighted by Crippen LogP contribution is -2.47. The van der Waals surface area contributed by atoms with Crippen molar-refractivity contribution in [2.75, 3.05) is 13.1 Å². The summed E-state index contributed by atoms with van der Waals surface area (Å²) < 4.78 is 0. The van der Waals surface area contributed by atoms with Gasteiger partial charge in [0.25, 0.3) is 0 Å². The number of hydrogen-bond donors (Lipinski definition) is 0. The molecule has 0 saturated carbocycles. The minimum atomic E-state index is 0.951. The van der Waals surface area contributed by atoms with Crippen molar-refractivity contribution < 1.29 is 0 Å². The van der Waals surface area contributed by atoms with E-state index in [4.69, 9.17) is 0 Å². The average molecular weight is 197 g/mol. The highest BCUT2D eigenvalue weighted by molar-refractivity contribution is 4.85. The molecule has 0 amide bonds. The number of hydrogen-bond acceptors (Lipinski definition) is 1. The standard InChI is InChI=1S/C11H21N.C2H6/c1-9-3-5-11-6-4-10(2)8-12(11)7-9;1-2/h9-11H,3-8H2,1-2H3;1-2H3. The number of fused-ring (bicyclic) bond motifs is 1. The minimum absolute atomic E-state index is 0.951. The molecule has 0 spiro atoms. The second kappa shape index (κ2) is 5.75. The van der Waals surface area contributed by atoms with E-state index in [2.05, 4.69) is 18.7 Å². The molecule has 1 nitrogen and oxygen atoms in total. The molecule has 1 heteroatoms. The first-order valence-corrected chi connectivity index (χ1v) is 6.49. The molecule has 0 aliphatic carbocycles. The van der Waals surface area contributed by atoms with E-state index in [0.29, 0.717) is 0 Å². The molecule has 2 saturated heterocycles. The van der Waals surface area contributed by atoms with Gasteiger partial charge >= 0.3 is 0 Å². The van der Waals surface area contributed by atoms with Gasteiger partial charge in [-0.15, -0.1) is 0 Å². The van der Waals surface area contributed by atoms with Gasteiger partial charge in [-0.2, -0.15) is 0 Å². The Morgan fingerprint density at radius 2 is 1.21 bits per heavy atom. The maximum absolute atomic E-state index is 2.74. The summed E-state index contributed by atoms with van der Waals surface area (Å²) in [6, 6.07) is 0.956. The summed E-state index contributed by atoms with van der Waals surface area (Å²) in [5.41, 5.74) is 0. The van der Waals surface area contributed by atoms with Gasteiger partial charge < -0.3 is 0 Å². The molecule has 0 bridgehead atoms. The Balaban J connectivity index is 0.000000461. The fourth-order valence-corrected chi connectivity index (χ4v) is 2.82. The first-order chi connectivity index (χ1) is 6.75. The molecule has 84 valence electrons. The highest BCUT2D eigenvalue weighted by Gasteiger charge is 2.30. The van der Waals surface area contributed by atoms with E-state index >= 15 is 0 Å². The first kappa shape index (κ1) is 12.0. The van der Waals surface area contributed by atoms with Gasteiger partial charge in [-0.05, 0) is 37.5 Å². The quantitative estimate of drug-likeness (QED) is 0.574. The Bertz CT molecular complexity index is 139. The summed E-state index contributed by atoms with van der Waals surface area (Å²) in [7, 11) is 0. The Morgan fingerprint density at radius 1 is 0.786 bits per heavy atom. The molecule has 2 fully saturated rings. The molecule has 2 heterocycles. The van der Waals surface area contributed by atoms with Crippen molar-refractivity contribution in [2.24, 2.45) is 11.8 Å². The number of rotatable bonds is 0. The summed E-state index contributed by atoms with van der Waals surface area (Å²) in [5.74, 6) is 1.90. The molecule has 0 N–H and O–H groups in total. The van der Waals surface area contributed by atoms with Crippen LogP contribution < -0.4 is 0 Å². The molecule has 2 aliphatic heterocycles. The molecular formula is C13H27N. The van der Waals surface area contributed by atoms with Crippen LogP contribution in [0.3, 0.4) is 0 Å². The molecular weight excluding hydrogens is 170 g/mol. The predicted molar refractivity (Wildman–Crippen MR) is 63.5 cm³/mol. The van der Waals surface area contributed by atoms with E-state index in [1.165, 1.54) is 38.8 Å². The summed E-state index contributed by atoms with van der Waals surface area (Å²) in [4.78, 5) is 2.74. The molecule has 14 heavy (non-hydrogen) atoms. The van der Waals surface area contributed by atoms with Crippen LogP contribution in [0.1, 0.15) is 53.4 Å². The van der Waals surface area contributed by atoms with Crippen LogP contribution in [0.15, 0.2) is 0 Å². The molecule has 2 rings (SSSR count). The van der Waals surface area contributed by atoms with Gasteiger partial charge in [-0.25, -0.2) is 0 Å². The zero-order valence-corrected chi connectivity index (χ0v) is 10.4. The van der Waals surface area contributed by atoms with Crippen LogP contribution in [-0.2, 0) is 0 Å². The second-order valence-corrected chi connectivity index (χ2v) is 4.97. The average Bonchev–Trinajstić information content (AvgIpc) is 2.20. The summed E-state index contributed by atoms with van der Waals surface area (Å²) >= 11 is 0. The van der Waals surface area contributed by atoms with Crippen LogP contribution in [-0.4, -0.2) is 24.0 Å². The molecule has 2 atom stereocenters. The third kappa shape index (κ3) is 2.98. The smallest absolute Gasteiger partial charge is 0.00957 e. The van der Waals surface area contributed by atoms with Crippen LogP contribution in [0.25, 0.3) is 0 Å². The van der Waals surface area contributed by atoms with Crippen LogP contribution in [0, 0.1) is 11.8 Å². The molecule has 0 aromatic rings. The Morgan fingerprint density at radius 3 is 1.64 bits per heavy atom. The largest absolute Gasteiger partial charge is 0.300 e. The number of piperidine rings is 2. The monoisotopic (exact) mass is 197 g/mol. The van der Waals surface area contributed by atoms with E-state index < -0.39 is 0 Å². The molecule has 2 aliphatic rings. The SMILES string of the molecule is CC.CC1CCC2CCC(C)CN2C1.